The minimum atomic E-state index is -0.106. The third-order valence-corrected chi connectivity index (χ3v) is 1.09. The van der Waals surface area contributed by atoms with Crippen LogP contribution < -0.4 is 5.73 Å². The molecule has 0 aliphatic rings. The molecule has 0 rings (SSSR count). The molecule has 0 spiro atoms. The molecule has 0 aliphatic carbocycles. The predicted molar refractivity (Wildman–Crippen MR) is 39.0 cm³/mol. The Morgan fingerprint density at radius 1 is 1.11 bits per heavy atom. The average Bonchev–Trinajstić information content (AvgIpc) is 1.63. The van der Waals surface area contributed by atoms with Gasteiger partial charge >= 0.3 is 0 Å². The summed E-state index contributed by atoms with van der Waals surface area (Å²) in [5.74, 6) is 0.410. The first-order chi connectivity index (χ1) is 4.04. The van der Waals surface area contributed by atoms with Gasteiger partial charge < -0.3 is 10.5 Å². The van der Waals surface area contributed by atoms with Crippen molar-refractivity contribution in [2.75, 3.05) is 0 Å². The van der Waals surface area contributed by atoms with Crippen molar-refractivity contribution >= 4 is 0 Å². The fraction of sp³-hybridized carbons (Fsp3) is 1.00. The van der Waals surface area contributed by atoms with Crippen LogP contribution in [0.5, 0.6) is 0 Å². The van der Waals surface area contributed by atoms with Gasteiger partial charge in [-0.05, 0) is 19.8 Å². The van der Waals surface area contributed by atoms with E-state index >= 15 is 0 Å². The van der Waals surface area contributed by atoms with E-state index in [-0.39, 0.29) is 12.3 Å². The Kier molecular flexibility index (Phi) is 3.82. The van der Waals surface area contributed by atoms with E-state index in [9.17, 15) is 0 Å². The lowest BCUT2D eigenvalue weighted by molar-refractivity contribution is -0.0139. The lowest BCUT2D eigenvalue weighted by Gasteiger charge is -2.18. The van der Waals surface area contributed by atoms with Crippen molar-refractivity contribution in [3.05, 3.63) is 0 Å². The van der Waals surface area contributed by atoms with Crippen molar-refractivity contribution in [1.29, 1.82) is 0 Å². The Hall–Kier alpha value is -0.0800. The molecule has 0 bridgehead atoms. The van der Waals surface area contributed by atoms with Gasteiger partial charge in [0.2, 0.25) is 0 Å². The fourth-order valence-corrected chi connectivity index (χ4v) is 0.471. The highest BCUT2D eigenvalue weighted by Crippen LogP contribution is 2.02. The van der Waals surface area contributed by atoms with Crippen molar-refractivity contribution < 1.29 is 4.74 Å². The maximum atomic E-state index is 5.60. The van der Waals surface area contributed by atoms with Gasteiger partial charge in [0.15, 0.2) is 0 Å². The molecular weight excluding hydrogens is 114 g/mol. The van der Waals surface area contributed by atoms with E-state index in [2.05, 4.69) is 0 Å². The average molecular weight is 131 g/mol. The van der Waals surface area contributed by atoms with E-state index < -0.39 is 0 Å². The van der Waals surface area contributed by atoms with Crippen LogP contribution in [0.15, 0.2) is 0 Å². The molecule has 0 aromatic heterocycles. The summed E-state index contributed by atoms with van der Waals surface area (Å²) in [6.45, 7) is 8.07. The molecule has 0 saturated heterocycles. The molecule has 2 heteroatoms. The van der Waals surface area contributed by atoms with Gasteiger partial charge in [0.1, 0.15) is 6.23 Å². The maximum absolute atomic E-state index is 5.60. The molecule has 1 unspecified atom stereocenters. The molecule has 0 aromatic carbocycles. The van der Waals surface area contributed by atoms with Crippen LogP contribution >= 0.6 is 0 Å². The zero-order valence-electron chi connectivity index (χ0n) is 6.72. The molecule has 0 heterocycles. The minimum absolute atomic E-state index is 0.106. The smallest absolute Gasteiger partial charge is 0.108 e. The van der Waals surface area contributed by atoms with Crippen LogP contribution in [0.3, 0.4) is 0 Å². The lowest BCUT2D eigenvalue weighted by atomic mass is 10.2. The largest absolute Gasteiger partial charge is 0.361 e. The van der Waals surface area contributed by atoms with Gasteiger partial charge in [0, 0.05) is 0 Å². The van der Waals surface area contributed by atoms with Crippen LogP contribution in [0, 0.1) is 5.92 Å². The predicted octanol–water partition coefficient (Wildman–Crippen LogP) is 1.35. The van der Waals surface area contributed by atoms with E-state index in [1.165, 1.54) is 0 Å². The zero-order chi connectivity index (χ0) is 7.44. The number of rotatable bonds is 3. The van der Waals surface area contributed by atoms with Crippen molar-refractivity contribution in [2.24, 2.45) is 11.7 Å². The van der Waals surface area contributed by atoms with E-state index in [0.29, 0.717) is 5.92 Å². The molecule has 2 N–H and O–H groups in total. The molecule has 1 atom stereocenters. The SMILES string of the molecule is CC(C)OC(N)C(C)C. The summed E-state index contributed by atoms with van der Waals surface area (Å²) in [5, 5.41) is 0. The van der Waals surface area contributed by atoms with Crippen LogP contribution in [0.2, 0.25) is 0 Å². The normalized spacial score (nSPS) is 15.0. The monoisotopic (exact) mass is 131 g/mol. The summed E-state index contributed by atoms with van der Waals surface area (Å²) in [7, 11) is 0. The first-order valence-corrected chi connectivity index (χ1v) is 3.45. The molecular formula is C7H17NO. The van der Waals surface area contributed by atoms with Crippen molar-refractivity contribution in [3.63, 3.8) is 0 Å². The molecule has 56 valence electrons. The Balaban J connectivity index is 3.38. The van der Waals surface area contributed by atoms with Crippen LogP contribution in [0.25, 0.3) is 0 Å². The van der Waals surface area contributed by atoms with Gasteiger partial charge in [-0.25, -0.2) is 0 Å². The summed E-state index contributed by atoms with van der Waals surface area (Å²) < 4.78 is 5.29. The Labute approximate surface area is 57.4 Å². The second-order valence-corrected chi connectivity index (χ2v) is 2.89. The van der Waals surface area contributed by atoms with Crippen LogP contribution in [0.4, 0.5) is 0 Å². The van der Waals surface area contributed by atoms with E-state index in [1.54, 1.807) is 0 Å². The molecule has 0 fully saturated rings. The second-order valence-electron chi connectivity index (χ2n) is 2.89. The molecule has 0 amide bonds. The van der Waals surface area contributed by atoms with Crippen LogP contribution in [-0.2, 0) is 4.74 Å². The summed E-state index contributed by atoms with van der Waals surface area (Å²) in [4.78, 5) is 0. The summed E-state index contributed by atoms with van der Waals surface area (Å²) in [6, 6.07) is 0. The van der Waals surface area contributed by atoms with Crippen LogP contribution in [-0.4, -0.2) is 12.3 Å². The standard InChI is InChI=1S/C7H17NO/c1-5(2)7(8)9-6(3)4/h5-7H,8H2,1-4H3. The highest BCUT2D eigenvalue weighted by molar-refractivity contribution is 4.53. The first kappa shape index (κ1) is 8.92. The highest BCUT2D eigenvalue weighted by Gasteiger charge is 2.08. The maximum Gasteiger partial charge on any atom is 0.108 e. The fourth-order valence-electron chi connectivity index (χ4n) is 0.471. The Morgan fingerprint density at radius 2 is 1.56 bits per heavy atom. The van der Waals surface area contributed by atoms with Gasteiger partial charge in [0.25, 0.3) is 0 Å². The molecule has 0 aliphatic heterocycles. The van der Waals surface area contributed by atoms with Gasteiger partial charge in [-0.3, -0.25) is 0 Å². The topological polar surface area (TPSA) is 35.2 Å². The first-order valence-electron chi connectivity index (χ1n) is 3.45. The van der Waals surface area contributed by atoms with Crippen LogP contribution in [0.1, 0.15) is 27.7 Å². The minimum Gasteiger partial charge on any atom is -0.361 e. The number of ether oxygens (including phenoxy) is 1. The Bertz CT molecular complexity index is 71.3. The third kappa shape index (κ3) is 4.43. The van der Waals surface area contributed by atoms with Crippen molar-refractivity contribution in [1.82, 2.24) is 0 Å². The quantitative estimate of drug-likeness (QED) is 0.587. The molecule has 9 heavy (non-hydrogen) atoms. The molecule has 0 aromatic rings. The zero-order valence-corrected chi connectivity index (χ0v) is 6.72. The summed E-state index contributed by atoms with van der Waals surface area (Å²) in [5.41, 5.74) is 5.60. The number of nitrogens with two attached hydrogens (primary N) is 1. The Morgan fingerprint density at radius 3 is 1.67 bits per heavy atom. The van der Waals surface area contributed by atoms with Crippen molar-refractivity contribution in [2.45, 2.75) is 40.0 Å². The number of hydrogen-bond acceptors (Lipinski definition) is 2. The van der Waals surface area contributed by atoms with Gasteiger partial charge in [0.05, 0.1) is 6.10 Å². The second kappa shape index (κ2) is 3.85. The van der Waals surface area contributed by atoms with Crippen molar-refractivity contribution in [3.8, 4) is 0 Å². The summed E-state index contributed by atoms with van der Waals surface area (Å²) in [6.07, 6.45) is 0.132. The molecule has 0 saturated carbocycles. The molecule has 0 radical (unpaired) electrons. The van der Waals surface area contributed by atoms with E-state index in [0.717, 1.165) is 0 Å². The molecule has 2 nitrogen and oxygen atoms in total. The van der Waals surface area contributed by atoms with Gasteiger partial charge in [-0.1, -0.05) is 13.8 Å². The lowest BCUT2D eigenvalue weighted by Crippen LogP contribution is -2.32. The highest BCUT2D eigenvalue weighted by atomic mass is 16.5. The van der Waals surface area contributed by atoms with Gasteiger partial charge in [-0.15, -0.1) is 0 Å². The number of hydrogen-bond donors (Lipinski definition) is 1. The van der Waals surface area contributed by atoms with E-state index in [1.807, 2.05) is 27.7 Å². The third-order valence-electron chi connectivity index (χ3n) is 1.09. The van der Waals surface area contributed by atoms with E-state index in [4.69, 9.17) is 10.5 Å². The van der Waals surface area contributed by atoms with Gasteiger partial charge in [-0.2, -0.15) is 0 Å². The summed E-state index contributed by atoms with van der Waals surface area (Å²) >= 11 is 0.